The van der Waals surface area contributed by atoms with Gasteiger partial charge in [-0.15, -0.1) is 0 Å². The third-order valence-electron chi connectivity index (χ3n) is 16.3. The van der Waals surface area contributed by atoms with E-state index < -0.39 is 97.5 Å². The summed E-state index contributed by atoms with van der Waals surface area (Å²) in [6.45, 7) is 9.54. The lowest BCUT2D eigenvalue weighted by atomic mass is 9.99. The van der Waals surface area contributed by atoms with Gasteiger partial charge in [-0.1, -0.05) is 298 Å². The molecule has 0 aromatic carbocycles. The highest BCUT2D eigenvalue weighted by Gasteiger charge is 2.30. The monoisotopic (exact) mass is 1300 g/mol. The molecule has 3 N–H and O–H groups in total. The Morgan fingerprint density at radius 2 is 0.580 bits per heavy atom. The van der Waals surface area contributed by atoms with Gasteiger partial charge in [-0.05, 0) is 37.5 Å². The van der Waals surface area contributed by atoms with Gasteiger partial charge in [0.15, 0.2) is 12.2 Å². The first kappa shape index (κ1) is 86.1. The van der Waals surface area contributed by atoms with E-state index >= 15 is 0 Å². The van der Waals surface area contributed by atoms with Crippen molar-refractivity contribution in [3.63, 3.8) is 0 Å². The maximum atomic E-state index is 13.0. The molecule has 0 heterocycles. The third-order valence-corrected chi connectivity index (χ3v) is 18.2. The predicted octanol–water partition coefficient (Wildman–Crippen LogP) is 19.6. The summed E-state index contributed by atoms with van der Waals surface area (Å²) in [6, 6.07) is 0. The van der Waals surface area contributed by atoms with Crippen LogP contribution in [0.4, 0.5) is 0 Å². The maximum Gasteiger partial charge on any atom is 0.472 e. The van der Waals surface area contributed by atoms with Crippen molar-refractivity contribution in [1.29, 1.82) is 0 Å². The fourth-order valence-electron chi connectivity index (χ4n) is 10.4. The van der Waals surface area contributed by atoms with Crippen molar-refractivity contribution in [2.24, 2.45) is 11.8 Å². The van der Waals surface area contributed by atoms with E-state index in [9.17, 15) is 43.2 Å². The Kier molecular flexibility index (Phi) is 59.9. The quantitative estimate of drug-likeness (QED) is 0.0222. The van der Waals surface area contributed by atoms with Crippen LogP contribution >= 0.6 is 15.6 Å². The number of esters is 4. The lowest BCUT2D eigenvalue weighted by Gasteiger charge is -2.21. The summed E-state index contributed by atoms with van der Waals surface area (Å²) in [5.74, 6) is -0.526. The molecule has 0 aliphatic carbocycles. The van der Waals surface area contributed by atoms with E-state index in [1.54, 1.807) is 0 Å². The average Bonchev–Trinajstić information content (AvgIpc) is 3.67. The minimum atomic E-state index is -4.95. The largest absolute Gasteiger partial charge is 0.472 e. The normalized spacial score (nSPS) is 14.5. The second-order valence-corrected chi connectivity index (χ2v) is 28.5. The Balaban J connectivity index is 5.19. The lowest BCUT2D eigenvalue weighted by Crippen LogP contribution is -2.30. The second kappa shape index (κ2) is 61.3. The van der Waals surface area contributed by atoms with Crippen LogP contribution in [-0.2, 0) is 65.4 Å². The SMILES string of the molecule is CCCCCCCCCCCCC(=O)O[C@H](COC(=O)CCCCCCCCC)COP(=O)(O)OC[C@H](O)COP(=O)(O)OC[C@@H](COC(=O)CCCCCCCCCCCCC(C)C)OC(=O)CCCCCCCCCCCCCCCCC(C)CC. The van der Waals surface area contributed by atoms with E-state index in [1.165, 1.54) is 154 Å². The first-order chi connectivity index (χ1) is 42.4. The predicted molar refractivity (Wildman–Crippen MR) is 354 cm³/mol. The highest BCUT2D eigenvalue weighted by atomic mass is 31.2. The number of phosphoric acid groups is 2. The maximum absolute atomic E-state index is 13.0. The number of carbonyl (C=O) groups excluding carboxylic acids is 4. The lowest BCUT2D eigenvalue weighted by molar-refractivity contribution is -0.161. The molecule has 6 atom stereocenters. The zero-order valence-corrected chi connectivity index (χ0v) is 58.8. The summed E-state index contributed by atoms with van der Waals surface area (Å²) >= 11 is 0. The zero-order valence-electron chi connectivity index (χ0n) is 57.0. The molecule has 0 aliphatic heterocycles. The number of hydrogen-bond acceptors (Lipinski definition) is 15. The Hall–Kier alpha value is -1.94. The van der Waals surface area contributed by atoms with Crippen LogP contribution in [0.1, 0.15) is 350 Å². The number of aliphatic hydroxyl groups excluding tert-OH is 1. The van der Waals surface area contributed by atoms with Crippen LogP contribution < -0.4 is 0 Å². The first-order valence-corrected chi connectivity index (χ1v) is 39.0. The standard InChI is InChI=1S/C69H134O17P2/c1-7-10-12-14-16-17-28-35-41-47-53-68(73)85-64(57-79-66(71)51-45-39-31-15-13-11-8-2)59-83-87(75,76)81-55-63(70)56-82-88(77,78)84-60-65(58-80-67(72)52-46-40-34-29-25-24-26-32-37-43-49-61(4)5)86-69(74)54-48-42-36-30-23-21-19-18-20-22-27-33-38-44-50-62(6)9-3/h61-65,70H,7-60H2,1-6H3,(H,75,76)(H,77,78)/t62?,63-,64+,65+/m0/s1. The van der Waals surface area contributed by atoms with E-state index in [4.69, 9.17) is 37.0 Å². The van der Waals surface area contributed by atoms with Crippen molar-refractivity contribution in [2.75, 3.05) is 39.6 Å². The summed E-state index contributed by atoms with van der Waals surface area (Å²) < 4.78 is 68.1. The second-order valence-electron chi connectivity index (χ2n) is 25.6. The van der Waals surface area contributed by atoms with Crippen LogP contribution in [0.3, 0.4) is 0 Å². The van der Waals surface area contributed by atoms with Crippen LogP contribution in [0.15, 0.2) is 0 Å². The summed E-state index contributed by atoms with van der Waals surface area (Å²) in [5.41, 5.74) is 0. The number of ether oxygens (including phenoxy) is 4. The first-order valence-electron chi connectivity index (χ1n) is 36.0. The van der Waals surface area contributed by atoms with Crippen LogP contribution in [0, 0.1) is 11.8 Å². The fourth-order valence-corrected chi connectivity index (χ4v) is 12.0. The number of hydrogen-bond donors (Lipinski definition) is 3. The van der Waals surface area contributed by atoms with Crippen molar-refractivity contribution in [1.82, 2.24) is 0 Å². The van der Waals surface area contributed by atoms with E-state index in [0.29, 0.717) is 25.7 Å². The summed E-state index contributed by atoms with van der Waals surface area (Å²) in [5, 5.41) is 10.6. The molecule has 0 spiro atoms. The molecule has 0 amide bonds. The Labute approximate surface area is 537 Å². The van der Waals surface area contributed by atoms with Crippen molar-refractivity contribution < 1.29 is 80.2 Å². The molecule has 0 rings (SSSR count). The van der Waals surface area contributed by atoms with E-state index in [-0.39, 0.29) is 25.7 Å². The number of rotatable bonds is 68. The van der Waals surface area contributed by atoms with Crippen LogP contribution in [0.2, 0.25) is 0 Å². The molecular formula is C69H134O17P2. The molecule has 19 heteroatoms. The zero-order chi connectivity index (χ0) is 65.0. The molecular weight excluding hydrogens is 1160 g/mol. The summed E-state index contributed by atoms with van der Waals surface area (Å²) in [4.78, 5) is 72.3. The molecule has 0 aromatic heterocycles. The Bertz CT molecular complexity index is 1720. The van der Waals surface area contributed by atoms with Crippen molar-refractivity contribution in [3.8, 4) is 0 Å². The van der Waals surface area contributed by atoms with Crippen molar-refractivity contribution in [2.45, 2.75) is 368 Å². The van der Waals surface area contributed by atoms with Gasteiger partial charge in [0.25, 0.3) is 0 Å². The molecule has 17 nitrogen and oxygen atoms in total. The van der Waals surface area contributed by atoms with Crippen LogP contribution in [-0.4, -0.2) is 96.7 Å². The van der Waals surface area contributed by atoms with Gasteiger partial charge in [-0.3, -0.25) is 37.3 Å². The molecule has 0 aliphatic rings. The van der Waals surface area contributed by atoms with E-state index in [2.05, 4.69) is 41.5 Å². The summed E-state index contributed by atoms with van der Waals surface area (Å²) in [6.07, 6.45) is 45.8. The summed E-state index contributed by atoms with van der Waals surface area (Å²) in [7, 11) is -9.89. The van der Waals surface area contributed by atoms with E-state index in [0.717, 1.165) is 115 Å². The Morgan fingerprint density at radius 3 is 0.864 bits per heavy atom. The minimum Gasteiger partial charge on any atom is -0.462 e. The van der Waals surface area contributed by atoms with Gasteiger partial charge in [0.2, 0.25) is 0 Å². The molecule has 0 saturated heterocycles. The smallest absolute Gasteiger partial charge is 0.462 e. The third kappa shape index (κ3) is 61.6. The topological polar surface area (TPSA) is 237 Å². The average molecular weight is 1300 g/mol. The van der Waals surface area contributed by atoms with Gasteiger partial charge in [0.05, 0.1) is 26.4 Å². The fraction of sp³-hybridized carbons (Fsp3) is 0.942. The van der Waals surface area contributed by atoms with Gasteiger partial charge in [0.1, 0.15) is 19.3 Å². The Morgan fingerprint density at radius 1 is 0.330 bits per heavy atom. The molecule has 0 aromatic rings. The number of aliphatic hydroxyl groups is 1. The minimum absolute atomic E-state index is 0.106. The van der Waals surface area contributed by atoms with Gasteiger partial charge in [-0.2, -0.15) is 0 Å². The van der Waals surface area contributed by atoms with Crippen molar-refractivity contribution >= 4 is 39.5 Å². The van der Waals surface area contributed by atoms with Crippen LogP contribution in [0.5, 0.6) is 0 Å². The van der Waals surface area contributed by atoms with Gasteiger partial charge in [0, 0.05) is 25.7 Å². The molecule has 0 fully saturated rings. The molecule has 0 radical (unpaired) electrons. The highest BCUT2D eigenvalue weighted by Crippen LogP contribution is 2.45. The van der Waals surface area contributed by atoms with Gasteiger partial charge in [-0.25, -0.2) is 9.13 Å². The number of carbonyl (C=O) groups is 4. The van der Waals surface area contributed by atoms with Crippen molar-refractivity contribution in [3.05, 3.63) is 0 Å². The molecule has 522 valence electrons. The molecule has 0 bridgehead atoms. The van der Waals surface area contributed by atoms with Gasteiger partial charge >= 0.3 is 39.5 Å². The number of phosphoric ester groups is 2. The van der Waals surface area contributed by atoms with Gasteiger partial charge < -0.3 is 33.8 Å². The van der Waals surface area contributed by atoms with E-state index in [1.807, 2.05) is 0 Å². The number of unbranched alkanes of at least 4 members (excludes halogenated alkanes) is 37. The highest BCUT2D eigenvalue weighted by molar-refractivity contribution is 7.47. The molecule has 88 heavy (non-hydrogen) atoms. The molecule has 0 saturated carbocycles. The molecule has 3 unspecified atom stereocenters. The van der Waals surface area contributed by atoms with Crippen LogP contribution in [0.25, 0.3) is 0 Å².